The Morgan fingerprint density at radius 3 is 2.52 bits per heavy atom. The van der Waals surface area contributed by atoms with Gasteiger partial charge in [-0.3, -0.25) is 4.79 Å². The van der Waals surface area contributed by atoms with Crippen LogP contribution >= 0.6 is 12.4 Å². The van der Waals surface area contributed by atoms with Crippen molar-refractivity contribution in [1.29, 1.82) is 0 Å². The van der Waals surface area contributed by atoms with Gasteiger partial charge in [0.1, 0.15) is 0 Å². The zero-order chi connectivity index (χ0) is 15.8. The highest BCUT2D eigenvalue weighted by molar-refractivity contribution is 5.85. The standard InChI is InChI=1S/C18H34N2O2.ClH/c1-15(12-16-6-4-3-5-7-16)17(21)20-13-18(14-22-2)8-10-19-11-9-18;/h15-16,19H,3-14H2,1-2H3,(H,20,21);1H. The Kier molecular flexibility index (Phi) is 9.48. The van der Waals surface area contributed by atoms with Gasteiger partial charge < -0.3 is 15.4 Å². The average molecular weight is 347 g/mol. The summed E-state index contributed by atoms with van der Waals surface area (Å²) < 4.78 is 5.42. The first-order valence-electron chi connectivity index (χ1n) is 9.12. The number of carbonyl (C=O) groups excluding carboxylic acids is 1. The van der Waals surface area contributed by atoms with Gasteiger partial charge in [0.15, 0.2) is 0 Å². The highest BCUT2D eigenvalue weighted by Gasteiger charge is 2.33. The molecule has 1 aliphatic heterocycles. The lowest BCUT2D eigenvalue weighted by Gasteiger charge is -2.37. The molecule has 2 fully saturated rings. The fourth-order valence-corrected chi connectivity index (χ4v) is 4.11. The maximum atomic E-state index is 12.4. The Hall–Kier alpha value is -0.320. The van der Waals surface area contributed by atoms with Crippen molar-refractivity contribution in [3.05, 3.63) is 0 Å². The van der Waals surface area contributed by atoms with Crippen molar-refractivity contribution in [3.8, 4) is 0 Å². The van der Waals surface area contributed by atoms with Gasteiger partial charge in [0, 0.05) is 25.0 Å². The molecule has 0 aromatic heterocycles. The second-order valence-electron chi connectivity index (χ2n) is 7.54. The van der Waals surface area contributed by atoms with E-state index in [0.29, 0.717) is 0 Å². The number of methoxy groups -OCH3 is 1. The van der Waals surface area contributed by atoms with Crippen LogP contribution in [-0.4, -0.2) is 39.3 Å². The Labute approximate surface area is 147 Å². The summed E-state index contributed by atoms with van der Waals surface area (Å²) in [5.74, 6) is 1.14. The summed E-state index contributed by atoms with van der Waals surface area (Å²) in [5, 5.41) is 6.61. The van der Waals surface area contributed by atoms with Crippen molar-refractivity contribution in [2.45, 2.75) is 58.3 Å². The molecule has 0 aromatic carbocycles. The summed E-state index contributed by atoms with van der Waals surface area (Å²) >= 11 is 0. The summed E-state index contributed by atoms with van der Waals surface area (Å²) in [6.07, 6.45) is 9.94. The zero-order valence-corrected chi connectivity index (χ0v) is 15.7. The Balaban J connectivity index is 0.00000264. The van der Waals surface area contributed by atoms with E-state index in [4.69, 9.17) is 4.74 Å². The number of amides is 1. The molecule has 1 heterocycles. The number of rotatable bonds is 7. The van der Waals surface area contributed by atoms with E-state index in [1.807, 2.05) is 0 Å². The van der Waals surface area contributed by atoms with Crippen LogP contribution in [0.15, 0.2) is 0 Å². The highest BCUT2D eigenvalue weighted by Crippen LogP contribution is 2.30. The maximum absolute atomic E-state index is 12.4. The van der Waals surface area contributed by atoms with Gasteiger partial charge in [0.05, 0.1) is 6.61 Å². The molecule has 136 valence electrons. The topological polar surface area (TPSA) is 50.4 Å². The van der Waals surface area contributed by atoms with Crippen LogP contribution < -0.4 is 10.6 Å². The summed E-state index contributed by atoms with van der Waals surface area (Å²) in [5.41, 5.74) is 0.125. The molecular weight excluding hydrogens is 312 g/mol. The van der Waals surface area contributed by atoms with E-state index in [9.17, 15) is 4.79 Å². The van der Waals surface area contributed by atoms with Gasteiger partial charge in [-0.25, -0.2) is 0 Å². The third-order valence-electron chi connectivity index (χ3n) is 5.61. The summed E-state index contributed by atoms with van der Waals surface area (Å²) in [6.45, 7) is 5.64. The quantitative estimate of drug-likeness (QED) is 0.744. The van der Waals surface area contributed by atoms with E-state index < -0.39 is 0 Å². The Morgan fingerprint density at radius 2 is 1.91 bits per heavy atom. The van der Waals surface area contributed by atoms with Crippen LogP contribution in [0.25, 0.3) is 0 Å². The first-order chi connectivity index (χ1) is 10.7. The molecule has 0 spiro atoms. The number of piperidine rings is 1. The molecule has 1 amide bonds. The molecule has 1 atom stereocenters. The molecule has 1 saturated carbocycles. The molecule has 4 nitrogen and oxygen atoms in total. The lowest BCUT2D eigenvalue weighted by Crippen LogP contribution is -2.48. The van der Waals surface area contributed by atoms with Gasteiger partial charge in [0.25, 0.3) is 0 Å². The van der Waals surface area contributed by atoms with Gasteiger partial charge in [-0.15, -0.1) is 12.4 Å². The number of carbonyl (C=O) groups is 1. The van der Waals surface area contributed by atoms with Crippen molar-refractivity contribution in [1.82, 2.24) is 10.6 Å². The molecule has 0 aromatic rings. The molecule has 1 unspecified atom stereocenters. The fourth-order valence-electron chi connectivity index (χ4n) is 4.11. The first kappa shape index (κ1) is 20.7. The minimum atomic E-state index is 0. The molecule has 2 aliphatic rings. The minimum Gasteiger partial charge on any atom is -0.384 e. The molecule has 0 radical (unpaired) electrons. The van der Waals surface area contributed by atoms with Gasteiger partial charge in [-0.1, -0.05) is 39.0 Å². The SMILES string of the molecule is COCC1(CNC(=O)C(C)CC2CCCCC2)CCNCC1.Cl. The lowest BCUT2D eigenvalue weighted by atomic mass is 9.79. The zero-order valence-electron chi connectivity index (χ0n) is 14.9. The van der Waals surface area contributed by atoms with Crippen molar-refractivity contribution < 1.29 is 9.53 Å². The lowest BCUT2D eigenvalue weighted by molar-refractivity contribution is -0.126. The first-order valence-corrected chi connectivity index (χ1v) is 9.12. The Morgan fingerprint density at radius 1 is 1.26 bits per heavy atom. The molecule has 5 heteroatoms. The van der Waals surface area contributed by atoms with Crippen LogP contribution in [0, 0.1) is 17.3 Å². The van der Waals surface area contributed by atoms with Crippen LogP contribution in [0.3, 0.4) is 0 Å². The predicted octanol–water partition coefficient (Wildman–Crippen LogP) is 3.15. The number of hydrogen-bond acceptors (Lipinski definition) is 3. The van der Waals surface area contributed by atoms with Crippen LogP contribution in [-0.2, 0) is 9.53 Å². The number of nitrogens with one attached hydrogen (secondary N) is 2. The van der Waals surface area contributed by atoms with E-state index >= 15 is 0 Å². The van der Waals surface area contributed by atoms with E-state index in [1.54, 1.807) is 7.11 Å². The average Bonchev–Trinajstić information content (AvgIpc) is 2.55. The van der Waals surface area contributed by atoms with Crippen molar-refractivity contribution >= 4 is 18.3 Å². The van der Waals surface area contributed by atoms with E-state index in [1.165, 1.54) is 32.1 Å². The summed E-state index contributed by atoms with van der Waals surface area (Å²) in [4.78, 5) is 12.4. The molecule has 2 rings (SSSR count). The molecule has 1 saturated heterocycles. The second kappa shape index (κ2) is 10.5. The molecule has 0 bridgehead atoms. The second-order valence-corrected chi connectivity index (χ2v) is 7.54. The fraction of sp³-hybridized carbons (Fsp3) is 0.944. The molecular formula is C18H35ClN2O2. The third-order valence-corrected chi connectivity index (χ3v) is 5.61. The number of halogens is 1. The molecule has 1 aliphatic carbocycles. The van der Waals surface area contributed by atoms with Crippen LogP contribution in [0.4, 0.5) is 0 Å². The van der Waals surface area contributed by atoms with Crippen molar-refractivity contribution in [3.63, 3.8) is 0 Å². The summed E-state index contributed by atoms with van der Waals surface area (Å²) in [7, 11) is 1.76. The van der Waals surface area contributed by atoms with Gasteiger partial charge >= 0.3 is 0 Å². The van der Waals surface area contributed by atoms with E-state index in [0.717, 1.165) is 51.4 Å². The summed E-state index contributed by atoms with van der Waals surface area (Å²) in [6, 6.07) is 0. The van der Waals surface area contributed by atoms with Gasteiger partial charge in [-0.2, -0.15) is 0 Å². The van der Waals surface area contributed by atoms with E-state index in [2.05, 4.69) is 17.6 Å². The number of ether oxygens (including phenoxy) is 1. The van der Waals surface area contributed by atoms with Gasteiger partial charge in [0.2, 0.25) is 5.91 Å². The molecule has 2 N–H and O–H groups in total. The van der Waals surface area contributed by atoms with Crippen molar-refractivity contribution in [2.24, 2.45) is 17.3 Å². The van der Waals surface area contributed by atoms with Crippen LogP contribution in [0.2, 0.25) is 0 Å². The van der Waals surface area contributed by atoms with Crippen LogP contribution in [0.1, 0.15) is 58.3 Å². The monoisotopic (exact) mass is 346 g/mol. The third kappa shape index (κ3) is 6.60. The predicted molar refractivity (Wildman–Crippen MR) is 97.0 cm³/mol. The Bertz CT molecular complexity index is 334. The number of hydrogen-bond donors (Lipinski definition) is 2. The maximum Gasteiger partial charge on any atom is 0.222 e. The van der Waals surface area contributed by atoms with Gasteiger partial charge in [-0.05, 0) is 38.3 Å². The smallest absolute Gasteiger partial charge is 0.222 e. The minimum absolute atomic E-state index is 0. The molecule has 23 heavy (non-hydrogen) atoms. The normalized spacial score (nSPS) is 22.9. The van der Waals surface area contributed by atoms with Crippen LogP contribution in [0.5, 0.6) is 0 Å². The highest BCUT2D eigenvalue weighted by atomic mass is 35.5. The largest absolute Gasteiger partial charge is 0.384 e. The van der Waals surface area contributed by atoms with Crippen molar-refractivity contribution in [2.75, 3.05) is 33.4 Å². The van der Waals surface area contributed by atoms with E-state index in [-0.39, 0.29) is 29.6 Å².